The summed E-state index contributed by atoms with van der Waals surface area (Å²) in [6, 6.07) is 0.395. The monoisotopic (exact) mass is 267 g/mol. The zero-order chi connectivity index (χ0) is 12.8. The molecule has 0 spiro atoms. The van der Waals surface area contributed by atoms with Gasteiger partial charge in [0.25, 0.3) is 0 Å². The van der Waals surface area contributed by atoms with Crippen LogP contribution in [0.5, 0.6) is 0 Å². The van der Waals surface area contributed by atoms with Crippen molar-refractivity contribution in [3.8, 4) is 0 Å². The highest BCUT2D eigenvalue weighted by molar-refractivity contribution is 7.09. The Morgan fingerprint density at radius 2 is 2.28 bits per heavy atom. The Kier molecular flexibility index (Phi) is 5.60. The summed E-state index contributed by atoms with van der Waals surface area (Å²) in [4.78, 5) is 6.95. The van der Waals surface area contributed by atoms with Gasteiger partial charge in [-0.25, -0.2) is 4.98 Å². The number of hydrogen-bond donors (Lipinski definition) is 1. The fraction of sp³-hybridized carbons (Fsp3) is 0.786. The van der Waals surface area contributed by atoms with E-state index in [0.717, 1.165) is 12.5 Å². The second-order valence-electron chi connectivity index (χ2n) is 5.42. The molecule has 1 saturated heterocycles. The van der Waals surface area contributed by atoms with Crippen LogP contribution in [0.4, 0.5) is 0 Å². The Hall–Kier alpha value is -0.450. The summed E-state index contributed by atoms with van der Waals surface area (Å²) in [5.41, 5.74) is 0. The van der Waals surface area contributed by atoms with Gasteiger partial charge in [0.1, 0.15) is 5.01 Å². The molecule has 1 fully saturated rings. The lowest BCUT2D eigenvalue weighted by molar-refractivity contribution is 0.190. The van der Waals surface area contributed by atoms with Crippen molar-refractivity contribution in [2.45, 2.75) is 39.2 Å². The molecule has 0 bridgehead atoms. The third-order valence-electron chi connectivity index (χ3n) is 3.80. The summed E-state index contributed by atoms with van der Waals surface area (Å²) in [6.45, 7) is 9.49. The number of piperidine rings is 1. The standard InChI is InChI=1S/C14H25N3S/c1-12-4-9-17(10-5-12)8-3-6-15-13(2)14-16-7-11-18-14/h7,11-13,15H,3-6,8-10H2,1-2H3. The maximum atomic E-state index is 4.34. The summed E-state index contributed by atoms with van der Waals surface area (Å²) in [5, 5.41) is 6.79. The van der Waals surface area contributed by atoms with E-state index in [4.69, 9.17) is 0 Å². The first-order valence-corrected chi connectivity index (χ1v) is 7.99. The zero-order valence-electron chi connectivity index (χ0n) is 11.6. The fourth-order valence-corrected chi connectivity index (χ4v) is 3.11. The van der Waals surface area contributed by atoms with Gasteiger partial charge in [-0.1, -0.05) is 6.92 Å². The first-order chi connectivity index (χ1) is 8.75. The van der Waals surface area contributed by atoms with Crippen molar-refractivity contribution in [2.75, 3.05) is 26.2 Å². The second-order valence-corrected chi connectivity index (χ2v) is 6.35. The Bertz CT molecular complexity index is 318. The second kappa shape index (κ2) is 7.22. The molecule has 2 heterocycles. The molecule has 2 rings (SSSR count). The molecule has 1 aromatic rings. The molecule has 0 amide bonds. The van der Waals surface area contributed by atoms with Gasteiger partial charge in [-0.15, -0.1) is 11.3 Å². The average molecular weight is 267 g/mol. The minimum absolute atomic E-state index is 0.395. The van der Waals surface area contributed by atoms with Crippen LogP contribution in [0.2, 0.25) is 0 Å². The molecule has 1 aliphatic heterocycles. The topological polar surface area (TPSA) is 28.2 Å². The van der Waals surface area contributed by atoms with Gasteiger partial charge in [-0.2, -0.15) is 0 Å². The van der Waals surface area contributed by atoms with E-state index in [1.165, 1.54) is 43.9 Å². The zero-order valence-corrected chi connectivity index (χ0v) is 12.4. The van der Waals surface area contributed by atoms with Gasteiger partial charge in [0.15, 0.2) is 0 Å². The molecular weight excluding hydrogens is 242 g/mol. The highest BCUT2D eigenvalue weighted by atomic mass is 32.1. The van der Waals surface area contributed by atoms with Crippen molar-refractivity contribution in [3.05, 3.63) is 16.6 Å². The highest BCUT2D eigenvalue weighted by Gasteiger charge is 2.15. The lowest BCUT2D eigenvalue weighted by Gasteiger charge is -2.30. The molecule has 4 heteroatoms. The molecule has 1 N–H and O–H groups in total. The summed E-state index contributed by atoms with van der Waals surface area (Å²) < 4.78 is 0. The van der Waals surface area contributed by atoms with Crippen molar-refractivity contribution in [2.24, 2.45) is 5.92 Å². The molecule has 18 heavy (non-hydrogen) atoms. The Morgan fingerprint density at radius 3 is 2.94 bits per heavy atom. The van der Waals surface area contributed by atoms with Crippen LogP contribution in [0.3, 0.4) is 0 Å². The minimum Gasteiger partial charge on any atom is -0.308 e. The van der Waals surface area contributed by atoms with E-state index < -0.39 is 0 Å². The Balaban J connectivity index is 1.56. The van der Waals surface area contributed by atoms with Gasteiger partial charge in [0.2, 0.25) is 0 Å². The number of aromatic nitrogens is 1. The molecule has 0 saturated carbocycles. The van der Waals surface area contributed by atoms with Crippen LogP contribution in [0.25, 0.3) is 0 Å². The van der Waals surface area contributed by atoms with Crippen LogP contribution in [-0.4, -0.2) is 36.1 Å². The number of nitrogens with one attached hydrogen (secondary N) is 1. The van der Waals surface area contributed by atoms with Gasteiger partial charge in [0.05, 0.1) is 6.04 Å². The van der Waals surface area contributed by atoms with Gasteiger partial charge in [0, 0.05) is 11.6 Å². The number of nitrogens with zero attached hydrogens (tertiary/aromatic N) is 2. The molecule has 0 radical (unpaired) electrons. The maximum Gasteiger partial charge on any atom is 0.109 e. The minimum atomic E-state index is 0.395. The summed E-state index contributed by atoms with van der Waals surface area (Å²) >= 11 is 1.73. The van der Waals surface area contributed by atoms with Gasteiger partial charge in [-0.05, 0) is 58.3 Å². The lowest BCUT2D eigenvalue weighted by atomic mass is 9.99. The molecule has 1 atom stereocenters. The fourth-order valence-electron chi connectivity index (χ4n) is 2.44. The Morgan fingerprint density at radius 1 is 1.50 bits per heavy atom. The molecule has 102 valence electrons. The molecule has 1 unspecified atom stereocenters. The third-order valence-corrected chi connectivity index (χ3v) is 4.76. The molecule has 1 aliphatic rings. The molecule has 0 aromatic carbocycles. The van der Waals surface area contributed by atoms with Crippen LogP contribution < -0.4 is 5.32 Å². The SMILES string of the molecule is CC1CCN(CCCNC(C)c2nccs2)CC1. The van der Waals surface area contributed by atoms with E-state index in [9.17, 15) is 0 Å². The van der Waals surface area contributed by atoms with E-state index in [1.54, 1.807) is 11.3 Å². The average Bonchev–Trinajstić information content (AvgIpc) is 2.90. The van der Waals surface area contributed by atoms with Crippen LogP contribution in [-0.2, 0) is 0 Å². The van der Waals surface area contributed by atoms with Crippen molar-refractivity contribution in [1.82, 2.24) is 15.2 Å². The van der Waals surface area contributed by atoms with Crippen LogP contribution in [0, 0.1) is 5.92 Å². The normalized spacial score (nSPS) is 20.1. The highest BCUT2D eigenvalue weighted by Crippen LogP contribution is 2.16. The predicted molar refractivity (Wildman–Crippen MR) is 78.0 cm³/mol. The van der Waals surface area contributed by atoms with Crippen molar-refractivity contribution in [3.63, 3.8) is 0 Å². The molecule has 1 aromatic heterocycles. The van der Waals surface area contributed by atoms with Crippen LogP contribution in [0.1, 0.15) is 44.2 Å². The maximum absolute atomic E-state index is 4.34. The summed E-state index contributed by atoms with van der Waals surface area (Å²) in [7, 11) is 0. The van der Waals surface area contributed by atoms with E-state index in [1.807, 2.05) is 11.6 Å². The first-order valence-electron chi connectivity index (χ1n) is 7.11. The van der Waals surface area contributed by atoms with Crippen LogP contribution >= 0.6 is 11.3 Å². The summed E-state index contributed by atoms with van der Waals surface area (Å²) in [5.74, 6) is 0.935. The lowest BCUT2D eigenvalue weighted by Crippen LogP contribution is -2.35. The third kappa shape index (κ3) is 4.34. The van der Waals surface area contributed by atoms with Gasteiger partial charge >= 0.3 is 0 Å². The molecule has 3 nitrogen and oxygen atoms in total. The number of hydrogen-bond acceptors (Lipinski definition) is 4. The van der Waals surface area contributed by atoms with Gasteiger partial charge in [-0.3, -0.25) is 0 Å². The van der Waals surface area contributed by atoms with Crippen molar-refractivity contribution >= 4 is 11.3 Å². The van der Waals surface area contributed by atoms with Crippen molar-refractivity contribution in [1.29, 1.82) is 0 Å². The predicted octanol–water partition coefficient (Wildman–Crippen LogP) is 2.92. The van der Waals surface area contributed by atoms with E-state index in [-0.39, 0.29) is 0 Å². The largest absolute Gasteiger partial charge is 0.308 e. The van der Waals surface area contributed by atoms with Crippen molar-refractivity contribution < 1.29 is 0 Å². The van der Waals surface area contributed by atoms with E-state index in [0.29, 0.717) is 6.04 Å². The first kappa shape index (κ1) is 14.0. The number of thiazole rings is 1. The molecular formula is C14H25N3S. The van der Waals surface area contributed by atoms with Gasteiger partial charge < -0.3 is 10.2 Å². The van der Waals surface area contributed by atoms with Crippen LogP contribution in [0.15, 0.2) is 11.6 Å². The quantitative estimate of drug-likeness (QED) is 0.803. The number of likely N-dealkylation sites (tertiary alicyclic amines) is 1. The number of rotatable bonds is 6. The Labute approximate surface area is 115 Å². The van der Waals surface area contributed by atoms with E-state index in [2.05, 4.69) is 29.0 Å². The smallest absolute Gasteiger partial charge is 0.109 e. The van der Waals surface area contributed by atoms with E-state index >= 15 is 0 Å². The molecule has 0 aliphatic carbocycles. The summed E-state index contributed by atoms with van der Waals surface area (Å²) in [6.07, 6.45) is 5.88.